The summed E-state index contributed by atoms with van der Waals surface area (Å²) in [6, 6.07) is 10.0. The van der Waals surface area contributed by atoms with Gasteiger partial charge in [0.1, 0.15) is 11.6 Å². The van der Waals surface area contributed by atoms with Gasteiger partial charge in [0, 0.05) is 21.7 Å². The van der Waals surface area contributed by atoms with Crippen LogP contribution in [-0.4, -0.2) is 14.6 Å². The maximum atomic E-state index is 13.4. The monoisotopic (exact) mass is 450 g/mol. The highest BCUT2D eigenvalue weighted by atomic mass is 35.5. The van der Waals surface area contributed by atoms with Crippen molar-refractivity contribution >= 4 is 34.4 Å². The van der Waals surface area contributed by atoms with Gasteiger partial charge in [0.05, 0.1) is 11.3 Å². The predicted octanol–water partition coefficient (Wildman–Crippen LogP) is 5.56. The molecule has 1 fully saturated rings. The van der Waals surface area contributed by atoms with Gasteiger partial charge in [0.15, 0.2) is 5.65 Å². The van der Waals surface area contributed by atoms with Crippen molar-refractivity contribution in [3.05, 3.63) is 85.4 Å². The minimum absolute atomic E-state index is 0.113. The summed E-state index contributed by atoms with van der Waals surface area (Å²) in [6.45, 7) is 2.04. The Labute approximate surface area is 189 Å². The standard InChI is InChI=1S/C24H20Cl2N4O/c1-14-11-17(26)7-8-18(14)20-13-28-22-19(12-27)21(29-30(22)23(20)31)24(9-2-10-24)15-3-5-16(25)6-4-15/h3-8,13-14,29H,2,9-11H2,1H3. The molecule has 2 aromatic heterocycles. The number of nitrogens with zero attached hydrogens (tertiary/aromatic N) is 3. The Hall–Kier alpha value is -2.81. The summed E-state index contributed by atoms with van der Waals surface area (Å²) in [4.78, 5) is 18.0. The Morgan fingerprint density at radius 2 is 1.97 bits per heavy atom. The number of allylic oxidation sites excluding steroid dienone is 4. The smallest absolute Gasteiger partial charge is 0.280 e. The largest absolute Gasteiger partial charge is 0.291 e. The summed E-state index contributed by atoms with van der Waals surface area (Å²) >= 11 is 12.2. The van der Waals surface area contributed by atoms with Crippen LogP contribution in [0.3, 0.4) is 0 Å². The zero-order valence-electron chi connectivity index (χ0n) is 17.0. The molecule has 156 valence electrons. The van der Waals surface area contributed by atoms with Crippen molar-refractivity contribution in [3.63, 3.8) is 0 Å². The molecular formula is C24H20Cl2N4O. The molecule has 0 spiro atoms. The van der Waals surface area contributed by atoms with Crippen molar-refractivity contribution in [1.29, 1.82) is 5.26 Å². The first-order valence-electron chi connectivity index (χ1n) is 10.3. The number of hydrogen-bond donors (Lipinski definition) is 1. The van der Waals surface area contributed by atoms with E-state index in [9.17, 15) is 10.1 Å². The van der Waals surface area contributed by atoms with E-state index in [4.69, 9.17) is 23.2 Å². The quantitative estimate of drug-likeness (QED) is 0.566. The molecule has 0 amide bonds. The summed E-state index contributed by atoms with van der Waals surface area (Å²) in [6.07, 6.45) is 8.82. The number of aromatic nitrogens is 3. The third-order valence-electron chi connectivity index (χ3n) is 6.64. The molecule has 1 unspecified atom stereocenters. The maximum absolute atomic E-state index is 13.4. The van der Waals surface area contributed by atoms with E-state index in [-0.39, 0.29) is 16.9 Å². The molecule has 2 aliphatic rings. The average Bonchev–Trinajstić information content (AvgIpc) is 3.09. The SMILES string of the molecule is CC1CC(Cl)=CC=C1c1cnc2c(C#N)c(C3(c4ccc(Cl)cc4)CCC3)[nH]n2c1=O. The van der Waals surface area contributed by atoms with Crippen LogP contribution in [0.4, 0.5) is 0 Å². The highest BCUT2D eigenvalue weighted by molar-refractivity contribution is 6.30. The first-order chi connectivity index (χ1) is 14.9. The molecule has 5 rings (SSSR count). The number of H-pyrrole nitrogens is 1. The average molecular weight is 451 g/mol. The molecule has 1 atom stereocenters. The summed E-state index contributed by atoms with van der Waals surface area (Å²) in [5, 5.41) is 14.7. The summed E-state index contributed by atoms with van der Waals surface area (Å²) in [7, 11) is 0. The van der Waals surface area contributed by atoms with Gasteiger partial charge in [-0.3, -0.25) is 9.89 Å². The highest BCUT2D eigenvalue weighted by Crippen LogP contribution is 2.50. The lowest BCUT2D eigenvalue weighted by atomic mass is 9.62. The lowest BCUT2D eigenvalue weighted by Crippen LogP contribution is -2.36. The van der Waals surface area contributed by atoms with E-state index in [0.29, 0.717) is 28.2 Å². The van der Waals surface area contributed by atoms with Gasteiger partial charge < -0.3 is 0 Å². The fraction of sp³-hybridized carbons (Fsp3) is 0.292. The molecule has 0 saturated heterocycles. The van der Waals surface area contributed by atoms with E-state index in [2.05, 4.69) is 16.2 Å². The van der Waals surface area contributed by atoms with Crippen LogP contribution in [0.1, 0.15) is 55.0 Å². The Balaban J connectivity index is 1.71. The van der Waals surface area contributed by atoms with Crippen molar-refractivity contribution in [2.75, 3.05) is 0 Å². The van der Waals surface area contributed by atoms with Crippen LogP contribution in [0.5, 0.6) is 0 Å². The Morgan fingerprint density at radius 3 is 2.58 bits per heavy atom. The number of fused-ring (bicyclic) bond motifs is 1. The Kier molecular flexibility index (Phi) is 4.80. The molecule has 31 heavy (non-hydrogen) atoms. The lowest BCUT2D eigenvalue weighted by molar-refractivity contribution is 0.292. The Morgan fingerprint density at radius 1 is 1.23 bits per heavy atom. The van der Waals surface area contributed by atoms with E-state index in [1.807, 2.05) is 43.3 Å². The van der Waals surface area contributed by atoms with Gasteiger partial charge in [0.25, 0.3) is 5.56 Å². The normalized spacial score (nSPS) is 20.0. The molecule has 3 aromatic rings. The van der Waals surface area contributed by atoms with Crippen molar-refractivity contribution in [2.24, 2.45) is 5.92 Å². The number of aromatic amines is 1. The molecule has 0 bridgehead atoms. The van der Waals surface area contributed by atoms with Crippen LogP contribution in [0.2, 0.25) is 5.02 Å². The number of nitriles is 1. The zero-order chi connectivity index (χ0) is 21.8. The van der Waals surface area contributed by atoms with Gasteiger partial charge in [0.2, 0.25) is 0 Å². The lowest BCUT2D eigenvalue weighted by Gasteiger charge is -2.41. The van der Waals surface area contributed by atoms with Gasteiger partial charge >= 0.3 is 0 Å². The molecule has 0 radical (unpaired) electrons. The van der Waals surface area contributed by atoms with E-state index < -0.39 is 0 Å². The minimum atomic E-state index is -0.344. The van der Waals surface area contributed by atoms with Crippen LogP contribution in [0.25, 0.3) is 11.2 Å². The van der Waals surface area contributed by atoms with Crippen LogP contribution in [0, 0.1) is 17.2 Å². The molecule has 0 aliphatic heterocycles. The van der Waals surface area contributed by atoms with E-state index in [1.165, 1.54) is 4.52 Å². The second-order valence-electron chi connectivity index (χ2n) is 8.39. The van der Waals surface area contributed by atoms with E-state index in [1.54, 1.807) is 6.20 Å². The summed E-state index contributed by atoms with van der Waals surface area (Å²) < 4.78 is 1.42. The molecule has 1 aromatic carbocycles. The number of benzene rings is 1. The third kappa shape index (κ3) is 3.05. The molecule has 1 N–H and O–H groups in total. The second kappa shape index (κ2) is 7.40. The molecule has 2 heterocycles. The molecule has 5 nitrogen and oxygen atoms in total. The first kappa shape index (κ1) is 20.1. The van der Waals surface area contributed by atoms with Gasteiger partial charge in [-0.1, -0.05) is 54.8 Å². The molecular weight excluding hydrogens is 431 g/mol. The fourth-order valence-corrected chi connectivity index (χ4v) is 5.24. The van der Waals surface area contributed by atoms with Crippen LogP contribution < -0.4 is 5.56 Å². The zero-order valence-corrected chi connectivity index (χ0v) is 18.5. The number of nitrogens with one attached hydrogen (secondary N) is 1. The van der Waals surface area contributed by atoms with Crippen LogP contribution in [-0.2, 0) is 5.41 Å². The number of hydrogen-bond acceptors (Lipinski definition) is 3. The van der Waals surface area contributed by atoms with Gasteiger partial charge in [-0.15, -0.1) is 0 Å². The van der Waals surface area contributed by atoms with Crippen molar-refractivity contribution < 1.29 is 0 Å². The van der Waals surface area contributed by atoms with Gasteiger partial charge in [-0.2, -0.15) is 9.78 Å². The van der Waals surface area contributed by atoms with Gasteiger partial charge in [-0.25, -0.2) is 4.98 Å². The van der Waals surface area contributed by atoms with Crippen molar-refractivity contribution in [1.82, 2.24) is 14.6 Å². The van der Waals surface area contributed by atoms with E-state index >= 15 is 0 Å². The van der Waals surface area contributed by atoms with Gasteiger partial charge in [-0.05, 0) is 54.5 Å². The van der Waals surface area contributed by atoms with E-state index in [0.717, 1.165) is 41.1 Å². The van der Waals surface area contributed by atoms with Crippen LogP contribution >= 0.6 is 23.2 Å². The topological polar surface area (TPSA) is 73.9 Å². The van der Waals surface area contributed by atoms with Crippen LogP contribution in [0.15, 0.2) is 52.4 Å². The first-order valence-corrected chi connectivity index (χ1v) is 11.1. The van der Waals surface area contributed by atoms with Crippen molar-refractivity contribution in [2.45, 2.75) is 38.0 Å². The number of rotatable bonds is 3. The maximum Gasteiger partial charge on any atom is 0.280 e. The third-order valence-corrected chi connectivity index (χ3v) is 7.17. The molecule has 2 aliphatic carbocycles. The predicted molar refractivity (Wildman–Crippen MR) is 122 cm³/mol. The molecule has 7 heteroatoms. The number of halogens is 2. The highest BCUT2D eigenvalue weighted by Gasteiger charge is 2.44. The Bertz CT molecular complexity index is 1350. The molecule has 1 saturated carbocycles. The fourth-order valence-electron chi connectivity index (χ4n) is 4.82. The summed E-state index contributed by atoms with van der Waals surface area (Å²) in [5.74, 6) is 0.113. The minimum Gasteiger partial charge on any atom is -0.291 e. The second-order valence-corrected chi connectivity index (χ2v) is 9.31. The van der Waals surface area contributed by atoms with Crippen molar-refractivity contribution in [3.8, 4) is 6.07 Å². The summed E-state index contributed by atoms with van der Waals surface area (Å²) in [5.41, 5.74) is 3.50.